The van der Waals surface area contributed by atoms with Gasteiger partial charge in [-0.15, -0.1) is 0 Å². The van der Waals surface area contributed by atoms with Gasteiger partial charge >= 0.3 is 0 Å². The van der Waals surface area contributed by atoms with Crippen molar-refractivity contribution < 1.29 is 5.11 Å². The van der Waals surface area contributed by atoms with Crippen molar-refractivity contribution in [2.24, 2.45) is 5.92 Å². The minimum Gasteiger partial charge on any atom is -0.393 e. The van der Waals surface area contributed by atoms with E-state index in [9.17, 15) is 5.11 Å². The van der Waals surface area contributed by atoms with Crippen LogP contribution < -0.4 is 0 Å². The molecule has 0 saturated heterocycles. The van der Waals surface area contributed by atoms with Crippen LogP contribution in [-0.4, -0.2) is 11.2 Å². The Bertz CT molecular complexity index is 99.0. The lowest BCUT2D eigenvalue weighted by atomic mass is 9.92. The van der Waals surface area contributed by atoms with Crippen molar-refractivity contribution in [2.75, 3.05) is 0 Å². The maximum absolute atomic E-state index is 9.50. The number of rotatable bonds is 6. The lowest BCUT2D eigenvalue weighted by Crippen LogP contribution is -2.18. The van der Waals surface area contributed by atoms with Crippen molar-refractivity contribution in [2.45, 2.75) is 45.6 Å². The fourth-order valence-corrected chi connectivity index (χ4v) is 1.35. The Labute approximate surface area is 70.1 Å². The first-order valence-corrected chi connectivity index (χ1v) is 4.47. The largest absolute Gasteiger partial charge is 0.393 e. The van der Waals surface area contributed by atoms with E-state index in [2.05, 4.69) is 6.92 Å². The van der Waals surface area contributed by atoms with E-state index in [-0.39, 0.29) is 6.10 Å². The number of hydrogen-bond donors (Lipinski definition) is 1. The van der Waals surface area contributed by atoms with Gasteiger partial charge in [-0.1, -0.05) is 32.9 Å². The molecule has 65 valence electrons. The van der Waals surface area contributed by atoms with Gasteiger partial charge in [-0.05, 0) is 25.2 Å². The molecular weight excluding hydrogens is 136 g/mol. The summed E-state index contributed by atoms with van der Waals surface area (Å²) < 4.78 is 0. The standard InChI is InChI=1S/C10H19O/c1-4-7-9(8-5-2)10(11)6-3/h1,4,9-11H,5-8H2,2-3H3. The van der Waals surface area contributed by atoms with Crippen LogP contribution in [0.25, 0.3) is 0 Å². The molecule has 0 amide bonds. The van der Waals surface area contributed by atoms with E-state index in [1.165, 1.54) is 0 Å². The SMILES string of the molecule is [CH]=CCC(CCC)C(O)CC. The van der Waals surface area contributed by atoms with E-state index in [0.29, 0.717) is 5.92 Å². The Balaban J connectivity index is 3.75. The summed E-state index contributed by atoms with van der Waals surface area (Å²) in [7, 11) is 0. The molecule has 1 heteroatoms. The Morgan fingerprint density at radius 2 is 2.09 bits per heavy atom. The summed E-state index contributed by atoms with van der Waals surface area (Å²) in [6, 6.07) is 0. The van der Waals surface area contributed by atoms with Crippen molar-refractivity contribution in [3.05, 3.63) is 12.7 Å². The van der Waals surface area contributed by atoms with Crippen LogP contribution in [0.5, 0.6) is 0 Å². The van der Waals surface area contributed by atoms with Gasteiger partial charge in [0.15, 0.2) is 0 Å². The molecule has 0 fully saturated rings. The number of allylic oxidation sites excluding steroid dienone is 1. The quantitative estimate of drug-likeness (QED) is 0.625. The molecule has 0 aliphatic rings. The second-order valence-corrected chi connectivity index (χ2v) is 3.00. The molecule has 0 aromatic heterocycles. The lowest BCUT2D eigenvalue weighted by molar-refractivity contribution is 0.0994. The van der Waals surface area contributed by atoms with Crippen molar-refractivity contribution in [1.29, 1.82) is 0 Å². The zero-order chi connectivity index (χ0) is 8.69. The topological polar surface area (TPSA) is 20.2 Å². The van der Waals surface area contributed by atoms with Crippen LogP contribution in [-0.2, 0) is 0 Å². The van der Waals surface area contributed by atoms with Crippen LogP contribution >= 0.6 is 0 Å². The predicted octanol–water partition coefficient (Wildman–Crippen LogP) is 2.55. The first-order valence-electron chi connectivity index (χ1n) is 4.47. The average molecular weight is 155 g/mol. The molecule has 2 unspecified atom stereocenters. The van der Waals surface area contributed by atoms with Crippen molar-refractivity contribution in [1.82, 2.24) is 0 Å². The number of hydrogen-bond acceptors (Lipinski definition) is 1. The van der Waals surface area contributed by atoms with Crippen LogP contribution in [0.1, 0.15) is 39.5 Å². The lowest BCUT2D eigenvalue weighted by Gasteiger charge is -2.19. The summed E-state index contributed by atoms with van der Waals surface area (Å²) in [5.74, 6) is 0.370. The molecule has 0 bridgehead atoms. The predicted molar refractivity (Wildman–Crippen MR) is 48.2 cm³/mol. The molecule has 2 atom stereocenters. The van der Waals surface area contributed by atoms with Gasteiger partial charge in [-0.25, -0.2) is 0 Å². The molecule has 0 heterocycles. The van der Waals surface area contributed by atoms with Crippen LogP contribution in [0.15, 0.2) is 6.08 Å². The Morgan fingerprint density at radius 1 is 1.45 bits per heavy atom. The summed E-state index contributed by atoms with van der Waals surface area (Å²) >= 11 is 0. The van der Waals surface area contributed by atoms with E-state index >= 15 is 0 Å². The van der Waals surface area contributed by atoms with E-state index in [0.717, 1.165) is 25.7 Å². The third-order valence-electron chi connectivity index (χ3n) is 2.06. The van der Waals surface area contributed by atoms with E-state index in [1.54, 1.807) is 6.08 Å². The molecule has 0 aliphatic carbocycles. The molecule has 1 N–H and O–H groups in total. The summed E-state index contributed by atoms with van der Waals surface area (Å²) in [4.78, 5) is 0. The maximum Gasteiger partial charge on any atom is 0.0568 e. The highest BCUT2D eigenvalue weighted by molar-refractivity contribution is 4.75. The van der Waals surface area contributed by atoms with Gasteiger partial charge in [0.05, 0.1) is 6.10 Å². The molecule has 0 rings (SSSR count). The second-order valence-electron chi connectivity index (χ2n) is 3.00. The highest BCUT2D eigenvalue weighted by Gasteiger charge is 2.14. The van der Waals surface area contributed by atoms with Crippen molar-refractivity contribution in [3.63, 3.8) is 0 Å². The van der Waals surface area contributed by atoms with Crippen molar-refractivity contribution in [3.8, 4) is 0 Å². The Hall–Kier alpha value is -0.300. The fourth-order valence-electron chi connectivity index (χ4n) is 1.35. The van der Waals surface area contributed by atoms with Gasteiger partial charge in [0.25, 0.3) is 0 Å². The van der Waals surface area contributed by atoms with Gasteiger partial charge < -0.3 is 5.11 Å². The third kappa shape index (κ3) is 4.20. The molecule has 0 aromatic carbocycles. The van der Waals surface area contributed by atoms with Gasteiger partial charge in [-0.2, -0.15) is 0 Å². The highest BCUT2D eigenvalue weighted by Crippen LogP contribution is 2.18. The van der Waals surface area contributed by atoms with Gasteiger partial charge in [0.1, 0.15) is 0 Å². The molecule has 1 nitrogen and oxygen atoms in total. The summed E-state index contributed by atoms with van der Waals surface area (Å²) in [6.07, 6.45) is 5.34. The Kier molecular flexibility index (Phi) is 6.24. The Morgan fingerprint density at radius 3 is 2.45 bits per heavy atom. The smallest absolute Gasteiger partial charge is 0.0568 e. The highest BCUT2D eigenvalue weighted by atomic mass is 16.3. The average Bonchev–Trinajstić information content (AvgIpc) is 2.03. The first-order chi connectivity index (χ1) is 5.26. The van der Waals surface area contributed by atoms with Crippen molar-refractivity contribution >= 4 is 0 Å². The molecule has 0 spiro atoms. The van der Waals surface area contributed by atoms with Gasteiger partial charge in [0, 0.05) is 0 Å². The molecule has 1 radical (unpaired) electrons. The van der Waals surface area contributed by atoms with Crippen LogP contribution in [0, 0.1) is 12.5 Å². The molecule has 11 heavy (non-hydrogen) atoms. The summed E-state index contributed by atoms with van der Waals surface area (Å²) in [5.41, 5.74) is 0. The fraction of sp³-hybridized carbons (Fsp3) is 0.800. The minimum absolute atomic E-state index is 0.172. The van der Waals surface area contributed by atoms with Gasteiger partial charge in [-0.3, -0.25) is 0 Å². The molecule has 0 aliphatic heterocycles. The zero-order valence-electron chi connectivity index (χ0n) is 7.59. The van der Waals surface area contributed by atoms with E-state index in [4.69, 9.17) is 6.58 Å². The normalized spacial score (nSPS) is 15.9. The van der Waals surface area contributed by atoms with Crippen LogP contribution in [0.4, 0.5) is 0 Å². The first kappa shape index (κ1) is 10.7. The van der Waals surface area contributed by atoms with E-state index in [1.807, 2.05) is 6.92 Å². The maximum atomic E-state index is 9.50. The summed E-state index contributed by atoms with van der Waals surface area (Å²) in [6.45, 7) is 9.45. The molecule has 0 saturated carbocycles. The minimum atomic E-state index is -0.172. The molecular formula is C10H19O. The number of aliphatic hydroxyl groups is 1. The number of aliphatic hydroxyl groups excluding tert-OH is 1. The third-order valence-corrected chi connectivity index (χ3v) is 2.06. The van der Waals surface area contributed by atoms with Gasteiger partial charge in [0.2, 0.25) is 0 Å². The monoisotopic (exact) mass is 155 g/mol. The van der Waals surface area contributed by atoms with E-state index < -0.39 is 0 Å². The van der Waals surface area contributed by atoms with Crippen LogP contribution in [0.3, 0.4) is 0 Å². The zero-order valence-corrected chi connectivity index (χ0v) is 7.59. The summed E-state index contributed by atoms with van der Waals surface area (Å²) in [5, 5.41) is 9.50. The van der Waals surface area contributed by atoms with Crippen LogP contribution in [0.2, 0.25) is 0 Å². The molecule has 0 aromatic rings. The second kappa shape index (κ2) is 6.41.